The first kappa shape index (κ1) is 26.7. The Morgan fingerprint density at radius 3 is 1.79 bits per heavy atom. The maximum Gasteiger partial charge on any atom is 0.407 e. The summed E-state index contributed by atoms with van der Waals surface area (Å²) in [6, 6.07) is -0.671. The zero-order chi connectivity index (χ0) is 21.4. The highest BCUT2D eigenvalue weighted by Gasteiger charge is 2.26. The third kappa shape index (κ3) is 15.8. The number of rotatable bonds is 15. The van der Waals surface area contributed by atoms with E-state index >= 15 is 0 Å². The van der Waals surface area contributed by atoms with Gasteiger partial charge >= 0.3 is 12.1 Å². The predicted octanol–water partition coefficient (Wildman–Crippen LogP) is 6.25. The molecule has 0 spiro atoms. The van der Waals surface area contributed by atoms with Crippen molar-refractivity contribution in [3.8, 4) is 0 Å². The zero-order valence-corrected chi connectivity index (χ0v) is 19.3. The van der Waals surface area contributed by atoms with Gasteiger partial charge in [0.1, 0.15) is 6.04 Å². The van der Waals surface area contributed by atoms with E-state index in [9.17, 15) is 9.59 Å². The van der Waals surface area contributed by atoms with E-state index in [-0.39, 0.29) is 17.3 Å². The molecule has 0 bridgehead atoms. The second kappa shape index (κ2) is 15.6. The Hall–Kier alpha value is -1.26. The highest BCUT2D eigenvalue weighted by molar-refractivity contribution is 5.81. The minimum Gasteiger partial charge on any atom is -0.464 e. The van der Waals surface area contributed by atoms with Crippen molar-refractivity contribution in [1.82, 2.24) is 5.32 Å². The third-order valence-corrected chi connectivity index (χ3v) is 4.57. The Kier molecular flexibility index (Phi) is 14.9. The molecule has 0 heterocycles. The topological polar surface area (TPSA) is 64.6 Å². The average Bonchev–Trinajstić information content (AvgIpc) is 2.61. The third-order valence-electron chi connectivity index (χ3n) is 4.57. The molecule has 0 aliphatic carbocycles. The van der Waals surface area contributed by atoms with Gasteiger partial charge < -0.3 is 14.8 Å². The van der Waals surface area contributed by atoms with Gasteiger partial charge in [-0.1, -0.05) is 99.3 Å². The maximum atomic E-state index is 12.3. The van der Waals surface area contributed by atoms with Crippen LogP contribution in [0.5, 0.6) is 0 Å². The molecule has 0 rings (SSSR count). The number of hydrogen-bond acceptors (Lipinski definition) is 4. The van der Waals surface area contributed by atoms with Crippen molar-refractivity contribution in [3.63, 3.8) is 0 Å². The van der Waals surface area contributed by atoms with Gasteiger partial charge in [-0.15, -0.1) is 0 Å². The van der Waals surface area contributed by atoms with Crippen LogP contribution in [0.4, 0.5) is 4.79 Å². The number of hydrogen-bond donors (Lipinski definition) is 1. The molecule has 0 aliphatic heterocycles. The number of carbonyl (C=O) groups is 2. The summed E-state index contributed by atoms with van der Waals surface area (Å²) >= 11 is 0. The Morgan fingerprint density at radius 2 is 1.32 bits per heavy atom. The van der Waals surface area contributed by atoms with Crippen molar-refractivity contribution >= 4 is 12.1 Å². The molecule has 1 atom stereocenters. The molecule has 166 valence electrons. The first-order valence-corrected chi connectivity index (χ1v) is 11.3. The first-order chi connectivity index (χ1) is 13.2. The number of esters is 1. The number of carbonyl (C=O) groups excluding carboxylic acids is 2. The van der Waals surface area contributed by atoms with Crippen LogP contribution in [-0.2, 0) is 14.3 Å². The van der Waals surface area contributed by atoms with Crippen LogP contribution in [0.3, 0.4) is 0 Å². The van der Waals surface area contributed by atoms with E-state index in [4.69, 9.17) is 9.47 Å². The monoisotopic (exact) mass is 399 g/mol. The van der Waals surface area contributed by atoms with E-state index < -0.39 is 12.1 Å². The fraction of sp³-hybridized carbons (Fsp3) is 0.913. The lowest BCUT2D eigenvalue weighted by molar-refractivity contribution is -0.147. The van der Waals surface area contributed by atoms with Crippen molar-refractivity contribution in [2.24, 2.45) is 11.3 Å². The fourth-order valence-electron chi connectivity index (χ4n) is 2.80. The average molecular weight is 400 g/mol. The van der Waals surface area contributed by atoms with Gasteiger partial charge in [0.05, 0.1) is 13.2 Å². The Bertz CT molecular complexity index is 415. The Morgan fingerprint density at radius 1 is 0.821 bits per heavy atom. The van der Waals surface area contributed by atoms with Crippen molar-refractivity contribution in [1.29, 1.82) is 0 Å². The van der Waals surface area contributed by atoms with E-state index in [1.165, 1.54) is 51.4 Å². The largest absolute Gasteiger partial charge is 0.464 e. The molecule has 1 amide bonds. The van der Waals surface area contributed by atoms with Gasteiger partial charge in [-0.05, 0) is 17.8 Å². The van der Waals surface area contributed by atoms with Gasteiger partial charge in [-0.3, -0.25) is 0 Å². The molecule has 0 aliphatic rings. The highest BCUT2D eigenvalue weighted by atomic mass is 16.6. The van der Waals surface area contributed by atoms with Gasteiger partial charge in [0.25, 0.3) is 0 Å². The minimum atomic E-state index is -0.671. The van der Waals surface area contributed by atoms with Crippen molar-refractivity contribution in [2.45, 2.75) is 112 Å². The van der Waals surface area contributed by atoms with Crippen LogP contribution >= 0.6 is 0 Å². The van der Waals surface area contributed by atoms with E-state index in [0.717, 1.165) is 12.8 Å². The molecule has 0 aromatic rings. The van der Waals surface area contributed by atoms with Gasteiger partial charge in [0.2, 0.25) is 0 Å². The lowest BCUT2D eigenvalue weighted by atomic mass is 9.99. The van der Waals surface area contributed by atoms with E-state index in [0.29, 0.717) is 13.2 Å². The number of unbranched alkanes of at least 4 members (excludes halogenated alkanes) is 9. The molecule has 0 aromatic heterocycles. The second-order valence-electron chi connectivity index (χ2n) is 9.35. The molecule has 1 N–H and O–H groups in total. The first-order valence-electron chi connectivity index (χ1n) is 11.3. The van der Waals surface area contributed by atoms with Crippen molar-refractivity contribution < 1.29 is 19.1 Å². The lowest BCUT2D eigenvalue weighted by Crippen LogP contribution is -2.46. The summed E-state index contributed by atoms with van der Waals surface area (Å²) in [4.78, 5) is 24.2. The van der Waals surface area contributed by atoms with Gasteiger partial charge in [0, 0.05) is 0 Å². The lowest BCUT2D eigenvalue weighted by Gasteiger charge is -2.22. The summed E-state index contributed by atoms with van der Waals surface area (Å²) in [5.41, 5.74) is -0.110. The summed E-state index contributed by atoms with van der Waals surface area (Å²) in [5.74, 6) is -0.430. The van der Waals surface area contributed by atoms with E-state index in [1.807, 2.05) is 34.6 Å². The minimum absolute atomic E-state index is 0.0533. The fourth-order valence-corrected chi connectivity index (χ4v) is 2.80. The molecule has 0 fully saturated rings. The summed E-state index contributed by atoms with van der Waals surface area (Å²) in [6.45, 7) is 12.7. The second-order valence-corrected chi connectivity index (χ2v) is 9.35. The van der Waals surface area contributed by atoms with Gasteiger partial charge in [-0.2, -0.15) is 0 Å². The number of alkyl carbamates (subject to hydrolysis) is 1. The standard InChI is InChI=1S/C23H45NO4/c1-7-8-9-10-11-12-13-14-15-16-17-27-21(25)20(19(2)3)24-22(26)28-18-23(4,5)6/h19-20H,7-18H2,1-6H3,(H,24,26). The smallest absolute Gasteiger partial charge is 0.407 e. The molecule has 1 unspecified atom stereocenters. The van der Waals surface area contributed by atoms with Crippen LogP contribution < -0.4 is 5.32 Å². The van der Waals surface area contributed by atoms with Crippen LogP contribution in [0.15, 0.2) is 0 Å². The van der Waals surface area contributed by atoms with Crippen LogP contribution in [0.1, 0.15) is 106 Å². The Labute approximate surface area is 173 Å². The van der Waals surface area contributed by atoms with Crippen molar-refractivity contribution in [2.75, 3.05) is 13.2 Å². The molecule has 5 heteroatoms. The highest BCUT2D eigenvalue weighted by Crippen LogP contribution is 2.14. The van der Waals surface area contributed by atoms with Gasteiger partial charge in [-0.25, -0.2) is 9.59 Å². The van der Waals surface area contributed by atoms with Crippen LogP contribution in [0.25, 0.3) is 0 Å². The molecular formula is C23H45NO4. The maximum absolute atomic E-state index is 12.3. The summed E-state index contributed by atoms with van der Waals surface area (Å²) in [7, 11) is 0. The summed E-state index contributed by atoms with van der Waals surface area (Å²) < 4.78 is 10.6. The summed E-state index contributed by atoms with van der Waals surface area (Å²) in [5, 5.41) is 2.64. The molecule has 0 radical (unpaired) electrons. The number of nitrogens with one attached hydrogen (secondary N) is 1. The van der Waals surface area contributed by atoms with Crippen LogP contribution in [0, 0.1) is 11.3 Å². The molecule has 0 saturated heterocycles. The van der Waals surface area contributed by atoms with Gasteiger partial charge in [0.15, 0.2) is 0 Å². The number of amides is 1. The zero-order valence-electron chi connectivity index (χ0n) is 19.3. The van der Waals surface area contributed by atoms with Crippen LogP contribution in [-0.4, -0.2) is 31.3 Å². The normalized spacial score (nSPS) is 12.7. The van der Waals surface area contributed by atoms with E-state index in [1.54, 1.807) is 0 Å². The molecule has 5 nitrogen and oxygen atoms in total. The summed E-state index contributed by atoms with van der Waals surface area (Å²) in [6.07, 6.45) is 11.8. The molecular weight excluding hydrogens is 354 g/mol. The number of ether oxygens (including phenoxy) is 2. The van der Waals surface area contributed by atoms with E-state index in [2.05, 4.69) is 12.2 Å². The quantitative estimate of drug-likeness (QED) is 0.261. The molecule has 0 saturated carbocycles. The SMILES string of the molecule is CCCCCCCCCCCCOC(=O)C(NC(=O)OCC(C)(C)C)C(C)C. The Balaban J connectivity index is 3.89. The van der Waals surface area contributed by atoms with Crippen molar-refractivity contribution in [3.05, 3.63) is 0 Å². The molecule has 0 aromatic carbocycles. The predicted molar refractivity (Wildman–Crippen MR) is 115 cm³/mol. The molecule has 28 heavy (non-hydrogen) atoms. The van der Waals surface area contributed by atoms with Crippen LogP contribution in [0.2, 0.25) is 0 Å².